The molecule has 4 rings (SSSR count). The van der Waals surface area contributed by atoms with E-state index in [1.165, 1.54) is 19.2 Å². The number of aliphatic imine (C=N–C) groups is 1. The third kappa shape index (κ3) is 4.35. The number of anilines is 2. The number of phenols is 1. The molecule has 0 aliphatic carbocycles. The molecule has 3 aromatic rings. The normalized spacial score (nSPS) is 14.9. The second-order valence-electron chi connectivity index (χ2n) is 7.16. The number of phenolic OH excluding ortho intramolecular Hbond substituents is 1. The number of amides is 2. The van der Waals surface area contributed by atoms with Crippen LogP contribution in [0.15, 0.2) is 71.7 Å². The highest BCUT2D eigenvalue weighted by Gasteiger charge is 2.30. The van der Waals surface area contributed by atoms with E-state index in [1.807, 2.05) is 0 Å². The van der Waals surface area contributed by atoms with Crippen LogP contribution in [-0.4, -0.2) is 28.9 Å². The van der Waals surface area contributed by atoms with Gasteiger partial charge in [-0.1, -0.05) is 30.3 Å². The van der Waals surface area contributed by atoms with Crippen molar-refractivity contribution in [2.24, 2.45) is 4.99 Å². The van der Waals surface area contributed by atoms with E-state index in [9.17, 15) is 19.5 Å². The summed E-state index contributed by atoms with van der Waals surface area (Å²) >= 11 is 0. The molecule has 0 saturated heterocycles. The van der Waals surface area contributed by atoms with E-state index < -0.39 is 5.92 Å². The average Bonchev–Trinajstić information content (AvgIpc) is 3.05. The lowest BCUT2D eigenvalue weighted by atomic mass is 9.97. The van der Waals surface area contributed by atoms with E-state index in [2.05, 4.69) is 15.6 Å². The molecule has 1 heterocycles. The van der Waals surface area contributed by atoms with Gasteiger partial charge in [0.15, 0.2) is 5.78 Å². The van der Waals surface area contributed by atoms with Crippen molar-refractivity contribution in [2.45, 2.75) is 12.8 Å². The fourth-order valence-electron chi connectivity index (χ4n) is 3.42. The van der Waals surface area contributed by atoms with E-state index >= 15 is 0 Å². The van der Waals surface area contributed by atoms with E-state index in [0.717, 1.165) is 5.56 Å². The van der Waals surface area contributed by atoms with Gasteiger partial charge in [-0.25, -0.2) is 0 Å². The third-order valence-electron chi connectivity index (χ3n) is 4.84. The molecule has 0 spiro atoms. The number of fused-ring (bicyclic) bond motifs is 1. The summed E-state index contributed by atoms with van der Waals surface area (Å²) in [7, 11) is 0. The molecule has 1 atom stereocenters. The predicted molar refractivity (Wildman–Crippen MR) is 118 cm³/mol. The Morgan fingerprint density at radius 1 is 1.03 bits per heavy atom. The van der Waals surface area contributed by atoms with Gasteiger partial charge < -0.3 is 15.7 Å². The Morgan fingerprint density at radius 2 is 1.81 bits per heavy atom. The molecule has 1 aliphatic heterocycles. The van der Waals surface area contributed by atoms with Crippen molar-refractivity contribution in [3.05, 3.63) is 83.4 Å². The Hall–Kier alpha value is -4.26. The van der Waals surface area contributed by atoms with Gasteiger partial charge in [-0.15, -0.1) is 0 Å². The number of hydrogen-bond acceptors (Lipinski definition) is 5. The molecule has 2 amide bonds. The predicted octanol–water partition coefficient (Wildman–Crippen LogP) is 4.02. The lowest BCUT2D eigenvalue weighted by Gasteiger charge is -2.07. The molecule has 0 radical (unpaired) electrons. The molecule has 31 heavy (non-hydrogen) atoms. The largest absolute Gasteiger partial charge is 0.508 e. The van der Waals surface area contributed by atoms with Crippen LogP contribution in [0.4, 0.5) is 17.1 Å². The van der Waals surface area contributed by atoms with Gasteiger partial charge in [0.2, 0.25) is 11.8 Å². The summed E-state index contributed by atoms with van der Waals surface area (Å²) in [6.07, 6.45) is 1.52. The molecule has 7 heteroatoms. The Bertz CT molecular complexity index is 1230. The van der Waals surface area contributed by atoms with E-state index in [0.29, 0.717) is 28.2 Å². The van der Waals surface area contributed by atoms with Crippen molar-refractivity contribution >= 4 is 40.9 Å². The lowest BCUT2D eigenvalue weighted by molar-refractivity contribution is -0.116. The zero-order chi connectivity index (χ0) is 22.0. The number of nitrogens with one attached hydrogen (secondary N) is 2. The fourth-order valence-corrected chi connectivity index (χ4v) is 3.42. The molecule has 0 aromatic heterocycles. The minimum absolute atomic E-state index is 0.0941. The first-order valence-electron chi connectivity index (χ1n) is 9.61. The van der Waals surface area contributed by atoms with Crippen LogP contribution < -0.4 is 10.6 Å². The SMILES string of the molecule is CC(=O)Nc1cccc(C(=O)c2ccc3c(c2)NC(=O)C3C=Nc2cccc(O)c2)c1. The minimum Gasteiger partial charge on any atom is -0.508 e. The molecule has 1 aliphatic rings. The molecule has 1 unspecified atom stereocenters. The maximum Gasteiger partial charge on any atom is 0.237 e. The number of carbonyl (C=O) groups is 3. The number of carbonyl (C=O) groups excluding carboxylic acids is 3. The summed E-state index contributed by atoms with van der Waals surface area (Å²) < 4.78 is 0. The van der Waals surface area contributed by atoms with Crippen LogP contribution in [0.25, 0.3) is 0 Å². The first kappa shape index (κ1) is 20.0. The van der Waals surface area contributed by atoms with Gasteiger partial charge in [0.1, 0.15) is 11.7 Å². The summed E-state index contributed by atoms with van der Waals surface area (Å²) in [5.74, 6) is -1.18. The maximum atomic E-state index is 12.9. The Kier molecular flexibility index (Phi) is 5.32. The van der Waals surface area contributed by atoms with Crippen LogP contribution in [0.2, 0.25) is 0 Å². The molecule has 3 aromatic carbocycles. The Morgan fingerprint density at radius 3 is 2.58 bits per heavy atom. The molecule has 0 bridgehead atoms. The molecule has 154 valence electrons. The smallest absolute Gasteiger partial charge is 0.237 e. The van der Waals surface area contributed by atoms with Gasteiger partial charge in [-0.05, 0) is 35.9 Å². The minimum atomic E-state index is -0.593. The van der Waals surface area contributed by atoms with Gasteiger partial charge in [0.05, 0.1) is 5.69 Å². The summed E-state index contributed by atoms with van der Waals surface area (Å²) in [4.78, 5) is 40.9. The van der Waals surface area contributed by atoms with Crippen molar-refractivity contribution in [2.75, 3.05) is 10.6 Å². The highest BCUT2D eigenvalue weighted by molar-refractivity contribution is 6.15. The standard InChI is InChI=1S/C24H19N3O4/c1-14(28)26-18-6-2-4-15(10-18)23(30)16-8-9-20-21(24(31)27-22(20)11-16)13-25-17-5-3-7-19(29)12-17/h2-13,21,29H,1H3,(H,26,28)(H,27,31). The lowest BCUT2D eigenvalue weighted by Crippen LogP contribution is -2.12. The highest BCUT2D eigenvalue weighted by Crippen LogP contribution is 2.33. The highest BCUT2D eigenvalue weighted by atomic mass is 16.3. The zero-order valence-electron chi connectivity index (χ0n) is 16.6. The fraction of sp³-hybridized carbons (Fsp3) is 0.0833. The monoisotopic (exact) mass is 413 g/mol. The number of benzene rings is 3. The van der Waals surface area contributed by atoms with Crippen molar-refractivity contribution in [1.82, 2.24) is 0 Å². The Balaban J connectivity index is 1.58. The maximum absolute atomic E-state index is 12.9. The number of aromatic hydroxyl groups is 1. The molecule has 3 N–H and O–H groups in total. The summed E-state index contributed by atoms with van der Waals surface area (Å²) in [5.41, 5.74) is 3.20. The van der Waals surface area contributed by atoms with Gasteiger partial charge in [-0.2, -0.15) is 0 Å². The topological polar surface area (TPSA) is 108 Å². The Labute approximate surface area is 178 Å². The number of hydrogen-bond donors (Lipinski definition) is 3. The van der Waals surface area contributed by atoms with Crippen molar-refractivity contribution < 1.29 is 19.5 Å². The van der Waals surface area contributed by atoms with Crippen molar-refractivity contribution in [3.63, 3.8) is 0 Å². The van der Waals surface area contributed by atoms with Crippen LogP contribution in [-0.2, 0) is 9.59 Å². The molecular formula is C24H19N3O4. The van der Waals surface area contributed by atoms with Crippen LogP contribution >= 0.6 is 0 Å². The van der Waals surface area contributed by atoms with E-state index in [4.69, 9.17) is 0 Å². The number of nitrogens with zero attached hydrogens (tertiary/aromatic N) is 1. The van der Waals surface area contributed by atoms with Crippen LogP contribution in [0.5, 0.6) is 5.75 Å². The molecular weight excluding hydrogens is 394 g/mol. The molecule has 7 nitrogen and oxygen atoms in total. The van der Waals surface area contributed by atoms with Crippen molar-refractivity contribution in [3.8, 4) is 5.75 Å². The zero-order valence-corrected chi connectivity index (χ0v) is 16.6. The first-order chi connectivity index (χ1) is 14.9. The van der Waals surface area contributed by atoms with Crippen LogP contribution in [0, 0.1) is 0 Å². The summed E-state index contributed by atoms with van der Waals surface area (Å²) in [6.45, 7) is 1.40. The van der Waals surface area contributed by atoms with Gasteiger partial charge >= 0.3 is 0 Å². The van der Waals surface area contributed by atoms with Crippen LogP contribution in [0.1, 0.15) is 34.3 Å². The summed E-state index contributed by atoms with van der Waals surface area (Å²) in [6, 6.07) is 18.2. The van der Waals surface area contributed by atoms with E-state index in [1.54, 1.807) is 60.7 Å². The molecule has 0 saturated carbocycles. The van der Waals surface area contributed by atoms with Gasteiger partial charge in [0, 0.05) is 41.7 Å². The average molecular weight is 413 g/mol. The third-order valence-corrected chi connectivity index (χ3v) is 4.84. The molecule has 0 fully saturated rings. The second-order valence-corrected chi connectivity index (χ2v) is 7.16. The van der Waals surface area contributed by atoms with Gasteiger partial charge in [-0.3, -0.25) is 19.4 Å². The van der Waals surface area contributed by atoms with Crippen LogP contribution in [0.3, 0.4) is 0 Å². The first-order valence-corrected chi connectivity index (χ1v) is 9.61. The number of ketones is 1. The van der Waals surface area contributed by atoms with Gasteiger partial charge in [0.25, 0.3) is 0 Å². The number of rotatable bonds is 5. The van der Waals surface area contributed by atoms with E-state index in [-0.39, 0.29) is 23.3 Å². The second kappa shape index (κ2) is 8.23. The quantitative estimate of drug-likeness (QED) is 0.434. The summed E-state index contributed by atoms with van der Waals surface area (Å²) in [5, 5.41) is 15.0. The van der Waals surface area contributed by atoms with Crippen molar-refractivity contribution in [1.29, 1.82) is 0 Å².